The number of hydrogen-bond donors (Lipinski definition) is 0. The minimum absolute atomic E-state index is 0. The van der Waals surface area contributed by atoms with E-state index in [0.717, 1.165) is 0 Å². The maximum absolute atomic E-state index is 5.00. The molecule has 0 atom stereocenters. The molecular formula is C6H24. The van der Waals surface area contributed by atoms with Crippen LogP contribution >= 0.6 is 0 Å². The van der Waals surface area contributed by atoms with Gasteiger partial charge in [-0.2, -0.15) is 0 Å². The van der Waals surface area contributed by atoms with Crippen molar-refractivity contribution in [1.82, 2.24) is 0 Å². The molecule has 0 radical (unpaired) electrons. The molecule has 0 aliphatic rings. The van der Waals surface area contributed by atoms with Gasteiger partial charge in [0.15, 0.2) is 0 Å². The summed E-state index contributed by atoms with van der Waals surface area (Å²) in [7, 11) is 0. The SMILES string of the molecule is C.C.C.CCC.[3HH].[3H][3H]. The molecule has 0 spiro atoms. The topological polar surface area (TPSA) is 0 Å². The first-order valence-electron chi connectivity index (χ1n) is 2.41. The fraction of sp³-hybridized carbons (Fsp3) is 1.00. The van der Waals surface area contributed by atoms with Crippen LogP contribution in [-0.4, -0.2) is 0 Å². The highest BCUT2D eigenvalue weighted by atomic mass is 13.4. The molecule has 0 fully saturated rings. The first-order chi connectivity index (χ1) is 2.41. The molecule has 0 saturated carbocycles. The average Bonchev–Trinajstić information content (AvgIpc) is 1.46. The molecule has 0 unspecified atom stereocenters. The highest BCUT2D eigenvalue weighted by Gasteiger charge is 1.35. The van der Waals surface area contributed by atoms with Crippen LogP contribution in [-0.2, 0) is 0 Å². The third-order valence-electron chi connectivity index (χ3n) is 0. The Morgan fingerprint density at radius 1 is 1.17 bits per heavy atom. The number of hydrogen-bond acceptors (Lipinski definition) is 0. The quantitative estimate of drug-likeness (QED) is 0.436. The molecular weight excluding hydrogens is 72.1 g/mol. The van der Waals surface area contributed by atoms with Gasteiger partial charge in [-0.3, -0.25) is 0 Å². The smallest absolute Gasteiger partial charge is 0 e. The van der Waals surface area contributed by atoms with Gasteiger partial charge in [-0.1, -0.05) is 42.5 Å². The summed E-state index contributed by atoms with van der Waals surface area (Å²) in [5.41, 5.74) is 0. The molecule has 0 aromatic carbocycles. The Kier molecular flexibility index (Phi) is 222. The Hall–Kier alpha value is 0. The van der Waals surface area contributed by atoms with Crippen molar-refractivity contribution in [2.24, 2.45) is 0 Å². The Morgan fingerprint density at radius 3 is 1.17 bits per heavy atom. The predicted molar refractivity (Wildman–Crippen MR) is 40.4 cm³/mol. The van der Waals surface area contributed by atoms with Crippen LogP contribution in [0.4, 0.5) is 0 Å². The monoisotopic (exact) mass is 102 g/mol. The summed E-state index contributed by atoms with van der Waals surface area (Å²) in [5, 5.41) is 0. The molecule has 0 saturated heterocycles. The largest absolute Gasteiger partial charge is 0.0776 e. The average molecular weight is 102 g/mol. The highest BCUT2D eigenvalue weighted by molar-refractivity contribution is 3.92. The minimum Gasteiger partial charge on any atom is -0.0776 e. The minimum atomic E-state index is 0. The lowest BCUT2D eigenvalue weighted by molar-refractivity contribution is 1.09. The first kappa shape index (κ1) is 16.7. The van der Waals surface area contributed by atoms with Crippen molar-refractivity contribution < 1.29 is 4.40 Å². The zero-order valence-electron chi connectivity index (χ0n) is 4.71. The van der Waals surface area contributed by atoms with Crippen LogP contribution in [0.5, 0.6) is 0 Å². The van der Waals surface area contributed by atoms with E-state index in [-0.39, 0.29) is 23.7 Å². The Bertz CT molecular complexity index is 8.26. The van der Waals surface area contributed by atoms with Crippen molar-refractivity contribution >= 4 is 0 Å². The summed E-state index contributed by atoms with van der Waals surface area (Å²) in [6.45, 7) is 4.25. The second-order valence-corrected chi connectivity index (χ2v) is 0.707. The van der Waals surface area contributed by atoms with E-state index in [9.17, 15) is 0 Å². The van der Waals surface area contributed by atoms with E-state index in [1.807, 2.05) is 0 Å². The first-order valence-corrected chi connectivity index (χ1v) is 1.41. The summed E-state index contributed by atoms with van der Waals surface area (Å²) in [4.78, 5) is 0. The van der Waals surface area contributed by atoms with Crippen LogP contribution in [0, 0.1) is 0 Å². The Labute approximate surface area is 48.2 Å². The fourth-order valence-corrected chi connectivity index (χ4v) is 0. The Morgan fingerprint density at radius 2 is 1.17 bits per heavy atom. The summed E-state index contributed by atoms with van der Waals surface area (Å²) < 4.78 is 10.0. The Balaban J connectivity index is -0.00000000357. The van der Waals surface area contributed by atoms with Crippen molar-refractivity contribution in [3.8, 4) is 0 Å². The van der Waals surface area contributed by atoms with Gasteiger partial charge >= 0.3 is 0 Å². The van der Waals surface area contributed by atoms with Gasteiger partial charge in [-0.15, -0.1) is 0 Å². The van der Waals surface area contributed by atoms with E-state index in [1.54, 1.807) is 0 Å². The van der Waals surface area contributed by atoms with Crippen molar-refractivity contribution in [3.63, 3.8) is 0 Å². The highest BCUT2D eigenvalue weighted by Crippen LogP contribution is 1.56. The molecule has 0 heteroatoms. The van der Waals surface area contributed by atoms with E-state index in [2.05, 4.69) is 13.8 Å². The molecule has 0 nitrogen and oxygen atoms in total. The lowest BCUT2D eigenvalue weighted by Crippen LogP contribution is -1.27. The second kappa shape index (κ2) is 80.0. The summed E-state index contributed by atoms with van der Waals surface area (Å²) >= 11 is 0. The third kappa shape index (κ3) is 0. The van der Waals surface area contributed by atoms with Crippen molar-refractivity contribution in [1.29, 1.82) is 0 Å². The van der Waals surface area contributed by atoms with E-state index in [4.69, 9.17) is 2.97 Å². The van der Waals surface area contributed by atoms with E-state index < -0.39 is 0 Å². The fourth-order valence-electron chi connectivity index (χ4n) is 0. The molecule has 0 N–H and O–H groups in total. The van der Waals surface area contributed by atoms with Gasteiger partial charge in [0.2, 0.25) is 0 Å². The normalized spacial score (nSPS) is 4.33. The summed E-state index contributed by atoms with van der Waals surface area (Å²) in [6.07, 6.45) is 1.25. The maximum atomic E-state index is 5.00. The lowest BCUT2D eigenvalue weighted by Gasteiger charge is -1.48. The molecule has 0 aromatic rings. The third-order valence-corrected chi connectivity index (χ3v) is 0. The van der Waals surface area contributed by atoms with Gasteiger partial charge < -0.3 is 0 Å². The molecule has 0 aromatic heterocycles. The molecule has 0 amide bonds. The zero-order valence-corrected chi connectivity index (χ0v) is 2.71. The van der Waals surface area contributed by atoms with E-state index >= 15 is 0 Å². The standard InChI is InChI=1S/C3H8.3CH4.2H2/c1-3-2;;;;;/h3H2,1-2H3;3*1H4;2*1H/i;;;;1+2T;1+2. The van der Waals surface area contributed by atoms with Crippen LogP contribution < -0.4 is 0 Å². The zero-order chi connectivity index (χ0) is 4.71. The molecule has 6 heavy (non-hydrogen) atoms. The van der Waals surface area contributed by atoms with E-state index in [1.165, 1.54) is 6.42 Å². The van der Waals surface area contributed by atoms with Gasteiger partial charge in [0.25, 0.3) is 0 Å². The molecule has 0 aliphatic carbocycles. The predicted octanol–water partition coefficient (Wildman–Crippen LogP) is 3.82. The van der Waals surface area contributed by atoms with Gasteiger partial charge in [-0.25, -0.2) is 0 Å². The summed E-state index contributed by atoms with van der Waals surface area (Å²) in [5.74, 6) is 0. The maximum Gasteiger partial charge on any atom is 0 e. The van der Waals surface area contributed by atoms with Gasteiger partial charge in [0, 0.05) is 4.40 Å². The van der Waals surface area contributed by atoms with Crippen molar-refractivity contribution in [2.45, 2.75) is 42.5 Å². The summed E-state index contributed by atoms with van der Waals surface area (Å²) in [6, 6.07) is 0. The second-order valence-electron chi connectivity index (χ2n) is 0.707. The van der Waals surface area contributed by atoms with Crippen LogP contribution in [0.25, 0.3) is 0 Å². The van der Waals surface area contributed by atoms with Gasteiger partial charge in [-0.05, 0) is 0 Å². The lowest BCUT2D eigenvalue weighted by atomic mass is 10.6. The molecule has 0 bridgehead atoms. The van der Waals surface area contributed by atoms with E-state index in [0.29, 0.717) is 0 Å². The molecule has 0 heterocycles. The molecule has 48 valence electrons. The van der Waals surface area contributed by atoms with Crippen LogP contribution in [0.3, 0.4) is 0 Å². The van der Waals surface area contributed by atoms with Crippen LogP contribution in [0.1, 0.15) is 46.9 Å². The van der Waals surface area contributed by atoms with Crippen LogP contribution in [0.15, 0.2) is 0 Å². The van der Waals surface area contributed by atoms with Gasteiger partial charge in [0.1, 0.15) is 0 Å². The van der Waals surface area contributed by atoms with Crippen molar-refractivity contribution in [3.05, 3.63) is 0 Å². The van der Waals surface area contributed by atoms with Gasteiger partial charge in [0.05, 0.1) is 0 Å². The number of rotatable bonds is 0. The van der Waals surface area contributed by atoms with Crippen LogP contribution in [0.2, 0.25) is 0 Å². The molecule has 0 aliphatic heterocycles. The molecule has 0 rings (SSSR count). The van der Waals surface area contributed by atoms with Crippen molar-refractivity contribution in [2.75, 3.05) is 0 Å².